The SMILES string of the molecule is Cc1ccc(-c2cc(N3CCCNCC3)n[nH]2)s1. The van der Waals surface area contributed by atoms with Gasteiger partial charge in [-0.3, -0.25) is 5.10 Å². The standard InChI is InChI=1S/C13H18N4S/c1-10-3-4-12(18-10)11-9-13(16-15-11)17-7-2-5-14-6-8-17/h3-4,9,14H,2,5-8H2,1H3,(H,15,16). The van der Waals surface area contributed by atoms with Crippen molar-refractivity contribution in [3.05, 3.63) is 23.1 Å². The van der Waals surface area contributed by atoms with Gasteiger partial charge in [0.05, 0.1) is 10.6 Å². The largest absolute Gasteiger partial charge is 0.354 e. The number of aromatic amines is 1. The first kappa shape index (κ1) is 11.7. The van der Waals surface area contributed by atoms with E-state index in [9.17, 15) is 0 Å². The number of nitrogens with zero attached hydrogens (tertiary/aromatic N) is 2. The summed E-state index contributed by atoms with van der Waals surface area (Å²) in [5, 5.41) is 11.0. The van der Waals surface area contributed by atoms with Crippen LogP contribution in [0.5, 0.6) is 0 Å². The molecular weight excluding hydrogens is 244 g/mol. The van der Waals surface area contributed by atoms with Gasteiger partial charge in [0, 0.05) is 30.6 Å². The van der Waals surface area contributed by atoms with Crippen LogP contribution in [0, 0.1) is 6.92 Å². The molecule has 18 heavy (non-hydrogen) atoms. The van der Waals surface area contributed by atoms with Crippen LogP contribution in [0.25, 0.3) is 10.6 Å². The molecule has 2 aromatic rings. The number of thiophene rings is 1. The summed E-state index contributed by atoms with van der Waals surface area (Å²) in [4.78, 5) is 4.94. The van der Waals surface area contributed by atoms with Crippen LogP contribution >= 0.6 is 11.3 Å². The molecule has 96 valence electrons. The third kappa shape index (κ3) is 2.42. The number of aromatic nitrogens is 2. The number of aryl methyl sites for hydroxylation is 1. The van der Waals surface area contributed by atoms with E-state index in [4.69, 9.17) is 0 Å². The minimum absolute atomic E-state index is 1.04. The predicted octanol–water partition coefficient (Wildman–Crippen LogP) is 2.25. The molecule has 2 aromatic heterocycles. The van der Waals surface area contributed by atoms with Crippen LogP contribution < -0.4 is 10.2 Å². The highest BCUT2D eigenvalue weighted by atomic mass is 32.1. The van der Waals surface area contributed by atoms with Gasteiger partial charge in [0.25, 0.3) is 0 Å². The van der Waals surface area contributed by atoms with Gasteiger partial charge in [-0.2, -0.15) is 5.10 Å². The molecule has 0 amide bonds. The molecule has 3 heterocycles. The van der Waals surface area contributed by atoms with E-state index in [1.165, 1.54) is 16.2 Å². The lowest BCUT2D eigenvalue weighted by Crippen LogP contribution is -2.28. The van der Waals surface area contributed by atoms with Gasteiger partial charge in [0.15, 0.2) is 5.82 Å². The molecule has 0 atom stereocenters. The predicted molar refractivity (Wildman–Crippen MR) is 76.3 cm³/mol. The van der Waals surface area contributed by atoms with Crippen molar-refractivity contribution in [2.45, 2.75) is 13.3 Å². The van der Waals surface area contributed by atoms with Crippen LogP contribution in [0.3, 0.4) is 0 Å². The average Bonchev–Trinajstić information content (AvgIpc) is 2.92. The molecule has 0 unspecified atom stereocenters. The van der Waals surface area contributed by atoms with E-state index in [-0.39, 0.29) is 0 Å². The quantitative estimate of drug-likeness (QED) is 0.872. The monoisotopic (exact) mass is 262 g/mol. The Hall–Kier alpha value is -1.33. The Morgan fingerprint density at radius 1 is 1.28 bits per heavy atom. The molecule has 1 aliphatic rings. The van der Waals surface area contributed by atoms with Gasteiger partial charge in [-0.1, -0.05) is 0 Å². The molecule has 1 aliphatic heterocycles. The van der Waals surface area contributed by atoms with Crippen LogP contribution in [-0.2, 0) is 0 Å². The zero-order valence-corrected chi connectivity index (χ0v) is 11.4. The van der Waals surface area contributed by atoms with Crippen molar-refractivity contribution in [2.75, 3.05) is 31.1 Å². The van der Waals surface area contributed by atoms with Crippen molar-refractivity contribution in [2.24, 2.45) is 0 Å². The Kier molecular flexibility index (Phi) is 3.34. The summed E-state index contributed by atoms with van der Waals surface area (Å²) in [6.45, 7) is 6.40. The van der Waals surface area contributed by atoms with Crippen molar-refractivity contribution in [3.63, 3.8) is 0 Å². The Bertz CT molecular complexity index is 509. The zero-order valence-electron chi connectivity index (χ0n) is 10.6. The second-order valence-electron chi connectivity index (χ2n) is 4.64. The molecule has 1 saturated heterocycles. The Morgan fingerprint density at radius 2 is 2.22 bits per heavy atom. The molecule has 0 spiro atoms. The normalized spacial score (nSPS) is 16.8. The first-order valence-electron chi connectivity index (χ1n) is 6.41. The van der Waals surface area contributed by atoms with Crippen molar-refractivity contribution in [3.8, 4) is 10.6 Å². The molecule has 4 nitrogen and oxygen atoms in total. The Labute approximate surface area is 111 Å². The number of nitrogens with one attached hydrogen (secondary N) is 2. The number of rotatable bonds is 2. The Morgan fingerprint density at radius 3 is 3.06 bits per heavy atom. The van der Waals surface area contributed by atoms with E-state index in [2.05, 4.69) is 45.5 Å². The van der Waals surface area contributed by atoms with Gasteiger partial charge in [0.2, 0.25) is 0 Å². The topological polar surface area (TPSA) is 44.0 Å². The molecule has 1 fully saturated rings. The molecule has 0 aliphatic carbocycles. The van der Waals surface area contributed by atoms with Crippen LogP contribution in [0.4, 0.5) is 5.82 Å². The molecule has 3 rings (SSSR count). The fourth-order valence-electron chi connectivity index (χ4n) is 2.25. The van der Waals surface area contributed by atoms with E-state index in [0.29, 0.717) is 0 Å². The van der Waals surface area contributed by atoms with Crippen molar-refractivity contribution < 1.29 is 0 Å². The highest BCUT2D eigenvalue weighted by Crippen LogP contribution is 2.28. The maximum atomic E-state index is 4.45. The summed E-state index contributed by atoms with van der Waals surface area (Å²) in [5.41, 5.74) is 1.13. The average molecular weight is 262 g/mol. The summed E-state index contributed by atoms with van der Waals surface area (Å²) < 4.78 is 0. The molecule has 0 aromatic carbocycles. The van der Waals surface area contributed by atoms with Crippen LogP contribution in [-0.4, -0.2) is 36.4 Å². The van der Waals surface area contributed by atoms with Crippen molar-refractivity contribution >= 4 is 17.2 Å². The van der Waals surface area contributed by atoms with Gasteiger partial charge in [0.1, 0.15) is 0 Å². The van der Waals surface area contributed by atoms with Gasteiger partial charge < -0.3 is 10.2 Å². The number of hydrogen-bond donors (Lipinski definition) is 2. The number of H-pyrrole nitrogens is 1. The zero-order chi connectivity index (χ0) is 12.4. The highest BCUT2D eigenvalue weighted by Gasteiger charge is 2.13. The van der Waals surface area contributed by atoms with Gasteiger partial charge in [-0.15, -0.1) is 11.3 Å². The molecule has 2 N–H and O–H groups in total. The van der Waals surface area contributed by atoms with E-state index < -0.39 is 0 Å². The fraction of sp³-hybridized carbons (Fsp3) is 0.462. The van der Waals surface area contributed by atoms with Gasteiger partial charge in [-0.05, 0) is 32.0 Å². The van der Waals surface area contributed by atoms with Crippen LogP contribution in [0.1, 0.15) is 11.3 Å². The lowest BCUT2D eigenvalue weighted by atomic mass is 10.3. The maximum Gasteiger partial charge on any atom is 0.151 e. The minimum Gasteiger partial charge on any atom is -0.354 e. The number of hydrogen-bond acceptors (Lipinski definition) is 4. The number of anilines is 1. The minimum atomic E-state index is 1.04. The second kappa shape index (κ2) is 5.12. The summed E-state index contributed by atoms with van der Waals surface area (Å²) in [5.74, 6) is 1.07. The second-order valence-corrected chi connectivity index (χ2v) is 5.93. The molecule has 0 saturated carbocycles. The highest BCUT2D eigenvalue weighted by molar-refractivity contribution is 7.15. The lowest BCUT2D eigenvalue weighted by molar-refractivity contribution is 0.724. The summed E-state index contributed by atoms with van der Waals surface area (Å²) >= 11 is 1.80. The third-order valence-corrected chi connectivity index (χ3v) is 4.27. The van der Waals surface area contributed by atoms with E-state index >= 15 is 0 Å². The summed E-state index contributed by atoms with van der Waals surface area (Å²) in [6, 6.07) is 6.47. The summed E-state index contributed by atoms with van der Waals surface area (Å²) in [7, 11) is 0. The Balaban J connectivity index is 1.80. The van der Waals surface area contributed by atoms with Crippen LogP contribution in [0.15, 0.2) is 18.2 Å². The van der Waals surface area contributed by atoms with Crippen LogP contribution in [0.2, 0.25) is 0 Å². The maximum absolute atomic E-state index is 4.45. The van der Waals surface area contributed by atoms with Gasteiger partial charge in [-0.25, -0.2) is 0 Å². The first-order chi connectivity index (χ1) is 8.83. The first-order valence-corrected chi connectivity index (χ1v) is 7.22. The fourth-order valence-corrected chi connectivity index (χ4v) is 3.09. The third-order valence-electron chi connectivity index (χ3n) is 3.23. The molecular formula is C13H18N4S. The molecule has 0 bridgehead atoms. The summed E-state index contributed by atoms with van der Waals surface area (Å²) in [6.07, 6.45) is 1.18. The van der Waals surface area contributed by atoms with E-state index in [0.717, 1.165) is 37.7 Å². The molecule has 0 radical (unpaired) electrons. The molecule has 5 heteroatoms. The lowest BCUT2D eigenvalue weighted by Gasteiger charge is -2.18. The van der Waals surface area contributed by atoms with Crippen molar-refractivity contribution in [1.29, 1.82) is 0 Å². The van der Waals surface area contributed by atoms with Crippen molar-refractivity contribution in [1.82, 2.24) is 15.5 Å². The van der Waals surface area contributed by atoms with Gasteiger partial charge >= 0.3 is 0 Å². The smallest absolute Gasteiger partial charge is 0.151 e. The van der Waals surface area contributed by atoms with E-state index in [1.807, 2.05) is 0 Å². The van der Waals surface area contributed by atoms with E-state index in [1.54, 1.807) is 11.3 Å².